The number of carbonyl (C=O) groups excluding carboxylic acids is 1. The summed E-state index contributed by atoms with van der Waals surface area (Å²) in [4.78, 5) is 24.1. The van der Waals surface area contributed by atoms with E-state index in [0.29, 0.717) is 16.5 Å². The molecule has 22 heavy (non-hydrogen) atoms. The second-order valence-electron chi connectivity index (χ2n) is 4.48. The van der Waals surface area contributed by atoms with E-state index in [1.54, 1.807) is 48.5 Å². The quantitative estimate of drug-likeness (QED) is 0.671. The molecule has 0 aliphatic heterocycles. The Bertz CT molecular complexity index is 890. The molecule has 3 rings (SSSR count). The van der Waals surface area contributed by atoms with Gasteiger partial charge in [-0.2, -0.15) is 4.68 Å². The average molecular weight is 360 g/mol. The number of hydrogen-bond donors (Lipinski definition) is 0. The van der Waals surface area contributed by atoms with Gasteiger partial charge in [0, 0.05) is 4.47 Å². The van der Waals surface area contributed by atoms with Gasteiger partial charge in [0.2, 0.25) is 0 Å². The van der Waals surface area contributed by atoms with Crippen molar-refractivity contribution in [3.63, 3.8) is 0 Å². The van der Waals surface area contributed by atoms with Gasteiger partial charge in [-0.05, 0) is 36.4 Å². The number of halogens is 1. The number of rotatable bonds is 3. The summed E-state index contributed by atoms with van der Waals surface area (Å²) in [6.45, 7) is -0.286. The fraction of sp³-hybridized carbons (Fsp3) is 0.0667. The van der Waals surface area contributed by atoms with Gasteiger partial charge in [0.15, 0.2) is 6.73 Å². The second-order valence-corrected chi connectivity index (χ2v) is 5.39. The minimum absolute atomic E-state index is 0.286. The third-order valence-corrected chi connectivity index (χ3v) is 3.56. The predicted molar refractivity (Wildman–Crippen MR) is 83.4 cm³/mol. The van der Waals surface area contributed by atoms with Gasteiger partial charge in [-0.1, -0.05) is 33.3 Å². The van der Waals surface area contributed by atoms with E-state index in [1.807, 2.05) is 0 Å². The molecule has 1 heterocycles. The summed E-state index contributed by atoms with van der Waals surface area (Å²) in [7, 11) is 0. The molecular formula is C15H10BrN3O3. The summed E-state index contributed by atoms with van der Waals surface area (Å²) in [6, 6.07) is 13.6. The molecule has 7 heteroatoms. The van der Waals surface area contributed by atoms with Crippen LogP contribution in [0.2, 0.25) is 0 Å². The van der Waals surface area contributed by atoms with E-state index in [4.69, 9.17) is 4.74 Å². The van der Waals surface area contributed by atoms with Crippen molar-refractivity contribution in [2.75, 3.05) is 0 Å². The summed E-state index contributed by atoms with van der Waals surface area (Å²) in [5.41, 5.74) is 0.544. The van der Waals surface area contributed by atoms with Gasteiger partial charge >= 0.3 is 5.97 Å². The molecule has 0 unspecified atom stereocenters. The Morgan fingerprint density at radius 1 is 1.14 bits per heavy atom. The maximum atomic E-state index is 12.2. The van der Waals surface area contributed by atoms with Crippen molar-refractivity contribution in [2.45, 2.75) is 6.73 Å². The van der Waals surface area contributed by atoms with Crippen LogP contribution in [-0.4, -0.2) is 21.0 Å². The van der Waals surface area contributed by atoms with E-state index in [1.165, 1.54) is 0 Å². The molecule has 0 amide bonds. The lowest BCUT2D eigenvalue weighted by atomic mass is 10.2. The summed E-state index contributed by atoms with van der Waals surface area (Å²) in [5.74, 6) is -0.533. The molecule has 0 radical (unpaired) electrons. The van der Waals surface area contributed by atoms with Crippen molar-refractivity contribution >= 4 is 32.8 Å². The minimum Gasteiger partial charge on any atom is -0.439 e. The zero-order valence-corrected chi connectivity index (χ0v) is 12.9. The molecule has 0 aliphatic rings. The van der Waals surface area contributed by atoms with Gasteiger partial charge in [-0.25, -0.2) is 4.79 Å². The Labute approximate surface area is 133 Å². The maximum Gasteiger partial charge on any atom is 0.339 e. The number of ether oxygens (including phenoxy) is 1. The second kappa shape index (κ2) is 6.07. The lowest BCUT2D eigenvalue weighted by molar-refractivity contribution is 0.0336. The fourth-order valence-corrected chi connectivity index (χ4v) is 2.16. The molecule has 0 bridgehead atoms. The molecule has 2 aromatic carbocycles. The van der Waals surface area contributed by atoms with E-state index < -0.39 is 5.97 Å². The van der Waals surface area contributed by atoms with Crippen molar-refractivity contribution in [3.05, 3.63) is 68.9 Å². The topological polar surface area (TPSA) is 74.1 Å². The standard InChI is InChI=1S/C15H10BrN3O3/c16-11-7-5-10(6-8-11)15(21)22-9-19-14(20)12-3-1-2-4-13(12)17-18-19/h1-8H,9H2. The Morgan fingerprint density at radius 2 is 1.86 bits per heavy atom. The van der Waals surface area contributed by atoms with Gasteiger partial charge in [-0.3, -0.25) is 4.79 Å². The highest BCUT2D eigenvalue weighted by molar-refractivity contribution is 9.10. The van der Waals surface area contributed by atoms with Crippen LogP contribution in [0.3, 0.4) is 0 Å². The van der Waals surface area contributed by atoms with E-state index in [0.717, 1.165) is 9.15 Å². The number of benzene rings is 2. The van der Waals surface area contributed by atoms with E-state index >= 15 is 0 Å². The van der Waals surface area contributed by atoms with Crippen LogP contribution in [0, 0.1) is 0 Å². The van der Waals surface area contributed by atoms with Crippen molar-refractivity contribution in [2.24, 2.45) is 0 Å². The van der Waals surface area contributed by atoms with E-state index in [9.17, 15) is 9.59 Å². The van der Waals surface area contributed by atoms with Crippen molar-refractivity contribution in [3.8, 4) is 0 Å². The smallest absolute Gasteiger partial charge is 0.339 e. The van der Waals surface area contributed by atoms with Gasteiger partial charge in [0.1, 0.15) is 5.52 Å². The highest BCUT2D eigenvalue weighted by Crippen LogP contribution is 2.11. The molecule has 0 aliphatic carbocycles. The highest BCUT2D eigenvalue weighted by atomic mass is 79.9. The number of hydrogen-bond acceptors (Lipinski definition) is 5. The van der Waals surface area contributed by atoms with Gasteiger partial charge < -0.3 is 4.74 Å². The Morgan fingerprint density at radius 3 is 2.64 bits per heavy atom. The fourth-order valence-electron chi connectivity index (χ4n) is 1.90. The average Bonchev–Trinajstić information content (AvgIpc) is 2.55. The Kier molecular flexibility index (Phi) is 3.97. The first-order chi connectivity index (χ1) is 10.6. The first-order valence-corrected chi connectivity index (χ1v) is 7.20. The van der Waals surface area contributed by atoms with Gasteiger partial charge in [0.25, 0.3) is 5.56 Å². The van der Waals surface area contributed by atoms with Crippen LogP contribution in [0.15, 0.2) is 57.8 Å². The summed E-state index contributed by atoms with van der Waals surface area (Å²) in [5, 5.41) is 8.10. The molecule has 0 atom stereocenters. The van der Waals surface area contributed by atoms with Crippen LogP contribution in [0.4, 0.5) is 0 Å². The third-order valence-electron chi connectivity index (χ3n) is 3.03. The number of carbonyl (C=O) groups is 1. The highest BCUT2D eigenvalue weighted by Gasteiger charge is 2.09. The number of fused-ring (bicyclic) bond motifs is 1. The molecule has 6 nitrogen and oxygen atoms in total. The Hall–Kier alpha value is -2.54. The molecule has 110 valence electrons. The van der Waals surface area contributed by atoms with Crippen LogP contribution >= 0.6 is 15.9 Å². The van der Waals surface area contributed by atoms with Crippen LogP contribution in [-0.2, 0) is 11.5 Å². The summed E-state index contributed by atoms with van der Waals surface area (Å²) >= 11 is 3.29. The number of aromatic nitrogens is 3. The molecular weight excluding hydrogens is 350 g/mol. The molecule has 0 spiro atoms. The van der Waals surface area contributed by atoms with Crippen LogP contribution < -0.4 is 5.56 Å². The monoisotopic (exact) mass is 359 g/mol. The zero-order valence-electron chi connectivity index (χ0n) is 11.3. The molecule has 0 saturated heterocycles. The third kappa shape index (κ3) is 2.89. The molecule has 0 N–H and O–H groups in total. The number of esters is 1. The van der Waals surface area contributed by atoms with E-state index in [-0.39, 0.29) is 12.3 Å². The summed E-state index contributed by atoms with van der Waals surface area (Å²) < 4.78 is 6.96. The first kappa shape index (κ1) is 14.4. The molecule has 1 aromatic heterocycles. The Balaban J connectivity index is 1.79. The van der Waals surface area contributed by atoms with Crippen LogP contribution in [0.25, 0.3) is 10.9 Å². The largest absolute Gasteiger partial charge is 0.439 e. The van der Waals surface area contributed by atoms with Crippen molar-refractivity contribution in [1.29, 1.82) is 0 Å². The molecule has 0 fully saturated rings. The van der Waals surface area contributed by atoms with Crippen LogP contribution in [0.1, 0.15) is 10.4 Å². The maximum absolute atomic E-state index is 12.2. The normalized spacial score (nSPS) is 10.6. The molecule has 0 saturated carbocycles. The van der Waals surface area contributed by atoms with Gasteiger partial charge in [0.05, 0.1) is 10.9 Å². The van der Waals surface area contributed by atoms with Crippen molar-refractivity contribution < 1.29 is 9.53 Å². The lowest BCUT2D eigenvalue weighted by Gasteiger charge is -2.06. The predicted octanol–water partition coefficient (Wildman–Crippen LogP) is 2.37. The molecule has 3 aromatic rings. The number of nitrogens with zero attached hydrogens (tertiary/aromatic N) is 3. The first-order valence-electron chi connectivity index (χ1n) is 6.40. The van der Waals surface area contributed by atoms with Crippen molar-refractivity contribution in [1.82, 2.24) is 15.0 Å². The zero-order chi connectivity index (χ0) is 15.5. The van der Waals surface area contributed by atoms with Gasteiger partial charge in [-0.15, -0.1) is 5.10 Å². The van der Waals surface area contributed by atoms with Crippen LogP contribution in [0.5, 0.6) is 0 Å². The SMILES string of the molecule is O=C(OCn1nnc2ccccc2c1=O)c1ccc(Br)cc1. The lowest BCUT2D eigenvalue weighted by Crippen LogP contribution is -2.26. The van der Waals surface area contributed by atoms with E-state index in [2.05, 4.69) is 26.2 Å². The minimum atomic E-state index is -0.533. The summed E-state index contributed by atoms with van der Waals surface area (Å²) in [6.07, 6.45) is 0.